The molecule has 0 aliphatic heterocycles. The molecule has 0 aromatic heterocycles. The Labute approximate surface area is 119 Å². The van der Waals surface area contributed by atoms with E-state index in [1.54, 1.807) is 12.1 Å². The SMILES string of the molecule is O=C(C=Cc1cccc([N+](=O)[O-])c1)Nc1ccccc1F. The molecular formula is C15H11FN2O3. The molecule has 1 amide bonds. The molecule has 0 heterocycles. The first-order valence-electron chi connectivity index (χ1n) is 6.04. The van der Waals surface area contributed by atoms with Crippen molar-refractivity contribution in [2.24, 2.45) is 0 Å². The summed E-state index contributed by atoms with van der Waals surface area (Å²) >= 11 is 0. The van der Waals surface area contributed by atoms with Gasteiger partial charge in [-0.25, -0.2) is 4.39 Å². The standard InChI is InChI=1S/C15H11FN2O3/c16-13-6-1-2-7-14(13)17-15(19)9-8-11-4-3-5-12(10-11)18(20)21/h1-10H,(H,17,19). The summed E-state index contributed by atoms with van der Waals surface area (Å²) in [6.07, 6.45) is 2.61. The van der Waals surface area contributed by atoms with Crippen LogP contribution >= 0.6 is 0 Å². The van der Waals surface area contributed by atoms with E-state index in [1.807, 2.05) is 0 Å². The van der Waals surface area contributed by atoms with Gasteiger partial charge in [-0.2, -0.15) is 0 Å². The summed E-state index contributed by atoms with van der Waals surface area (Å²) in [5.74, 6) is -1.05. The highest BCUT2D eigenvalue weighted by atomic mass is 19.1. The average Bonchev–Trinajstić information content (AvgIpc) is 2.48. The molecule has 0 aliphatic carbocycles. The molecule has 0 bridgehead atoms. The fourth-order valence-corrected chi connectivity index (χ4v) is 1.65. The summed E-state index contributed by atoms with van der Waals surface area (Å²) in [5.41, 5.74) is 0.519. The number of rotatable bonds is 4. The number of benzene rings is 2. The number of para-hydroxylation sites is 1. The van der Waals surface area contributed by atoms with E-state index < -0.39 is 16.6 Å². The molecule has 0 saturated heterocycles. The Bertz CT molecular complexity index is 714. The molecule has 0 fully saturated rings. The number of nitrogens with zero attached hydrogens (tertiary/aromatic N) is 1. The summed E-state index contributed by atoms with van der Waals surface area (Å²) in [7, 11) is 0. The number of anilines is 1. The lowest BCUT2D eigenvalue weighted by molar-refractivity contribution is -0.384. The Morgan fingerprint density at radius 3 is 2.67 bits per heavy atom. The second-order valence-electron chi connectivity index (χ2n) is 4.15. The molecule has 0 radical (unpaired) electrons. The maximum absolute atomic E-state index is 13.3. The van der Waals surface area contributed by atoms with Crippen LogP contribution in [-0.4, -0.2) is 10.8 Å². The monoisotopic (exact) mass is 286 g/mol. The van der Waals surface area contributed by atoms with Crippen molar-refractivity contribution in [2.45, 2.75) is 0 Å². The first kappa shape index (κ1) is 14.4. The Morgan fingerprint density at radius 1 is 1.19 bits per heavy atom. The number of non-ortho nitro benzene ring substituents is 1. The van der Waals surface area contributed by atoms with Crippen molar-refractivity contribution in [1.29, 1.82) is 0 Å². The molecule has 5 nitrogen and oxygen atoms in total. The zero-order valence-electron chi connectivity index (χ0n) is 10.8. The summed E-state index contributed by atoms with van der Waals surface area (Å²) in [6, 6.07) is 11.6. The smallest absolute Gasteiger partial charge is 0.270 e. The first-order valence-corrected chi connectivity index (χ1v) is 6.04. The van der Waals surface area contributed by atoms with Gasteiger partial charge in [0.2, 0.25) is 5.91 Å². The number of nitro groups is 1. The van der Waals surface area contributed by atoms with Crippen molar-refractivity contribution < 1.29 is 14.1 Å². The maximum Gasteiger partial charge on any atom is 0.270 e. The predicted octanol–water partition coefficient (Wildman–Crippen LogP) is 3.39. The third-order valence-corrected chi connectivity index (χ3v) is 2.64. The Morgan fingerprint density at radius 2 is 1.95 bits per heavy atom. The molecule has 2 aromatic rings. The van der Waals surface area contributed by atoms with Crippen molar-refractivity contribution in [3.8, 4) is 0 Å². The van der Waals surface area contributed by atoms with Crippen LogP contribution in [0.3, 0.4) is 0 Å². The molecule has 21 heavy (non-hydrogen) atoms. The van der Waals surface area contributed by atoms with E-state index in [0.29, 0.717) is 5.56 Å². The number of carbonyl (C=O) groups is 1. The van der Waals surface area contributed by atoms with E-state index in [0.717, 1.165) is 0 Å². The van der Waals surface area contributed by atoms with Crippen LogP contribution in [0.25, 0.3) is 6.08 Å². The largest absolute Gasteiger partial charge is 0.320 e. The van der Waals surface area contributed by atoms with E-state index in [1.165, 1.54) is 48.6 Å². The number of carbonyl (C=O) groups excluding carboxylic acids is 1. The van der Waals surface area contributed by atoms with Gasteiger partial charge in [0.1, 0.15) is 5.82 Å². The Balaban J connectivity index is 2.07. The van der Waals surface area contributed by atoms with E-state index in [-0.39, 0.29) is 11.4 Å². The van der Waals surface area contributed by atoms with Gasteiger partial charge in [0, 0.05) is 18.2 Å². The lowest BCUT2D eigenvalue weighted by Gasteiger charge is -2.02. The number of halogens is 1. The van der Waals surface area contributed by atoms with Gasteiger partial charge in [0.25, 0.3) is 5.69 Å². The van der Waals surface area contributed by atoms with Gasteiger partial charge in [0.15, 0.2) is 0 Å². The van der Waals surface area contributed by atoms with Crippen LogP contribution in [0.4, 0.5) is 15.8 Å². The highest BCUT2D eigenvalue weighted by molar-refractivity contribution is 6.02. The second kappa shape index (κ2) is 6.42. The molecule has 0 aliphatic rings. The minimum atomic E-state index is -0.533. The number of hydrogen-bond acceptors (Lipinski definition) is 3. The van der Waals surface area contributed by atoms with Gasteiger partial charge in [-0.05, 0) is 23.8 Å². The number of hydrogen-bond donors (Lipinski definition) is 1. The summed E-state index contributed by atoms with van der Waals surface area (Å²) in [6.45, 7) is 0. The maximum atomic E-state index is 13.3. The highest BCUT2D eigenvalue weighted by Gasteiger charge is 2.05. The first-order chi connectivity index (χ1) is 10.1. The van der Waals surface area contributed by atoms with Crippen LogP contribution in [0.15, 0.2) is 54.6 Å². The fraction of sp³-hybridized carbons (Fsp3) is 0. The van der Waals surface area contributed by atoms with Crippen molar-refractivity contribution in [3.05, 3.63) is 76.1 Å². The van der Waals surface area contributed by atoms with Crippen molar-refractivity contribution in [1.82, 2.24) is 0 Å². The molecule has 2 aromatic carbocycles. The Kier molecular flexibility index (Phi) is 4.40. The van der Waals surface area contributed by atoms with Crippen LogP contribution in [0, 0.1) is 15.9 Å². The minimum absolute atomic E-state index is 0.0633. The lowest BCUT2D eigenvalue weighted by atomic mass is 10.2. The molecule has 1 N–H and O–H groups in total. The second-order valence-corrected chi connectivity index (χ2v) is 4.15. The molecule has 0 saturated carbocycles. The van der Waals surface area contributed by atoms with Crippen molar-refractivity contribution >= 4 is 23.4 Å². The molecule has 2 rings (SSSR count). The lowest BCUT2D eigenvalue weighted by Crippen LogP contribution is -2.08. The topological polar surface area (TPSA) is 72.2 Å². The summed E-state index contributed by atoms with van der Waals surface area (Å²) in [5, 5.41) is 13.0. The zero-order valence-corrected chi connectivity index (χ0v) is 10.8. The van der Waals surface area contributed by atoms with Crippen LogP contribution in [-0.2, 0) is 4.79 Å². The van der Waals surface area contributed by atoms with Crippen LogP contribution in [0.2, 0.25) is 0 Å². The van der Waals surface area contributed by atoms with Gasteiger partial charge in [-0.15, -0.1) is 0 Å². The van der Waals surface area contributed by atoms with Gasteiger partial charge in [-0.1, -0.05) is 24.3 Å². The van der Waals surface area contributed by atoms with Crippen molar-refractivity contribution in [2.75, 3.05) is 5.32 Å². The number of amides is 1. The highest BCUT2D eigenvalue weighted by Crippen LogP contribution is 2.15. The minimum Gasteiger partial charge on any atom is -0.320 e. The number of nitrogens with one attached hydrogen (secondary N) is 1. The molecule has 0 unspecified atom stereocenters. The van der Waals surface area contributed by atoms with Crippen molar-refractivity contribution in [3.63, 3.8) is 0 Å². The third-order valence-electron chi connectivity index (χ3n) is 2.64. The Hall–Kier alpha value is -3.02. The molecular weight excluding hydrogens is 275 g/mol. The van der Waals surface area contributed by atoms with Gasteiger partial charge in [-0.3, -0.25) is 14.9 Å². The van der Waals surface area contributed by atoms with Crippen LogP contribution in [0.1, 0.15) is 5.56 Å². The molecule has 0 spiro atoms. The van der Waals surface area contributed by atoms with Crippen LogP contribution < -0.4 is 5.32 Å². The van der Waals surface area contributed by atoms with Gasteiger partial charge in [0.05, 0.1) is 10.6 Å². The van der Waals surface area contributed by atoms with Crippen LogP contribution in [0.5, 0.6) is 0 Å². The third kappa shape index (κ3) is 3.97. The fourth-order valence-electron chi connectivity index (χ4n) is 1.65. The van der Waals surface area contributed by atoms with E-state index in [9.17, 15) is 19.3 Å². The normalized spacial score (nSPS) is 10.5. The predicted molar refractivity (Wildman–Crippen MR) is 77.2 cm³/mol. The van der Waals surface area contributed by atoms with E-state index in [4.69, 9.17) is 0 Å². The average molecular weight is 286 g/mol. The molecule has 106 valence electrons. The summed E-state index contributed by atoms with van der Waals surface area (Å²) < 4.78 is 13.3. The van der Waals surface area contributed by atoms with Gasteiger partial charge >= 0.3 is 0 Å². The van der Waals surface area contributed by atoms with Gasteiger partial charge < -0.3 is 5.32 Å². The van der Waals surface area contributed by atoms with E-state index >= 15 is 0 Å². The summed E-state index contributed by atoms with van der Waals surface area (Å²) in [4.78, 5) is 21.8. The quantitative estimate of drug-likeness (QED) is 0.532. The zero-order chi connectivity index (χ0) is 15.2. The molecule has 0 atom stereocenters. The molecule has 6 heteroatoms. The number of nitro benzene ring substituents is 1. The van der Waals surface area contributed by atoms with E-state index in [2.05, 4.69) is 5.32 Å².